The highest BCUT2D eigenvalue weighted by Crippen LogP contribution is 2.25. The predicted octanol–water partition coefficient (Wildman–Crippen LogP) is 4.13. The molecule has 0 N–H and O–H groups in total. The molecule has 1 aromatic carbocycles. The number of halogens is 2. The van der Waals surface area contributed by atoms with Crippen molar-refractivity contribution in [3.63, 3.8) is 0 Å². The van der Waals surface area contributed by atoms with Crippen LogP contribution in [0, 0.1) is 6.92 Å². The third-order valence-electron chi connectivity index (χ3n) is 3.25. The van der Waals surface area contributed by atoms with E-state index in [1.807, 2.05) is 39.1 Å². The van der Waals surface area contributed by atoms with E-state index in [4.69, 9.17) is 11.6 Å². The fraction of sp³-hybridized carbons (Fsp3) is 0.333. The van der Waals surface area contributed by atoms with Crippen LogP contribution in [0.4, 0.5) is 0 Å². The third-order valence-corrected chi connectivity index (χ3v) is 4.38. The van der Waals surface area contributed by atoms with Gasteiger partial charge in [0.05, 0.1) is 22.8 Å². The lowest BCUT2D eigenvalue weighted by Gasteiger charge is -2.06. The van der Waals surface area contributed by atoms with E-state index < -0.39 is 0 Å². The van der Waals surface area contributed by atoms with Gasteiger partial charge < -0.3 is 0 Å². The van der Waals surface area contributed by atoms with Gasteiger partial charge in [-0.3, -0.25) is 9.48 Å². The zero-order valence-corrected chi connectivity index (χ0v) is 14.0. The van der Waals surface area contributed by atoms with Crippen molar-refractivity contribution in [2.75, 3.05) is 0 Å². The molecule has 3 nitrogen and oxygen atoms in total. The molecule has 5 heteroatoms. The number of rotatable bonds is 4. The number of ketones is 1. The van der Waals surface area contributed by atoms with Crippen LogP contribution in [0.15, 0.2) is 22.7 Å². The molecule has 0 saturated heterocycles. The van der Waals surface area contributed by atoms with E-state index >= 15 is 0 Å². The normalized spacial score (nSPS) is 10.8. The molecule has 2 aromatic rings. The van der Waals surface area contributed by atoms with Crippen molar-refractivity contribution < 1.29 is 4.79 Å². The summed E-state index contributed by atoms with van der Waals surface area (Å²) in [4.78, 5) is 12.5. The van der Waals surface area contributed by atoms with Gasteiger partial charge >= 0.3 is 0 Å². The van der Waals surface area contributed by atoms with Crippen molar-refractivity contribution in [1.29, 1.82) is 0 Å². The van der Waals surface area contributed by atoms with Crippen LogP contribution in [0.3, 0.4) is 0 Å². The average Bonchev–Trinajstić information content (AvgIpc) is 2.68. The molecule has 1 heterocycles. The maximum atomic E-state index is 12.5. The van der Waals surface area contributed by atoms with E-state index in [-0.39, 0.29) is 12.2 Å². The summed E-state index contributed by atoms with van der Waals surface area (Å²) >= 11 is 9.71. The summed E-state index contributed by atoms with van der Waals surface area (Å²) in [6.45, 7) is 3.96. The molecule has 0 aliphatic heterocycles. The third kappa shape index (κ3) is 2.96. The number of hydrogen-bond donors (Lipinski definition) is 0. The molecular weight excluding hydrogens is 340 g/mol. The molecule has 20 heavy (non-hydrogen) atoms. The van der Waals surface area contributed by atoms with Gasteiger partial charge in [0.15, 0.2) is 5.78 Å². The molecule has 0 bridgehead atoms. The fourth-order valence-corrected chi connectivity index (χ4v) is 2.94. The minimum atomic E-state index is 0.0353. The molecule has 2 rings (SSSR count). The van der Waals surface area contributed by atoms with Gasteiger partial charge in [0.1, 0.15) is 0 Å². The zero-order chi connectivity index (χ0) is 14.9. The van der Waals surface area contributed by atoms with Crippen molar-refractivity contribution in [3.8, 4) is 0 Å². The Morgan fingerprint density at radius 1 is 1.45 bits per heavy atom. The molecular formula is C15H16BrClN2O. The van der Waals surface area contributed by atoms with Crippen LogP contribution in [-0.2, 0) is 19.9 Å². The van der Waals surface area contributed by atoms with Gasteiger partial charge in [-0.05, 0) is 25.5 Å². The lowest BCUT2D eigenvalue weighted by molar-refractivity contribution is 0.0990. The summed E-state index contributed by atoms with van der Waals surface area (Å²) in [5.41, 5.74) is 3.34. The Bertz CT molecular complexity index is 664. The monoisotopic (exact) mass is 354 g/mol. The minimum Gasteiger partial charge on any atom is -0.294 e. The second-order valence-electron chi connectivity index (χ2n) is 4.77. The first-order chi connectivity index (χ1) is 9.43. The number of benzene rings is 1. The number of hydrogen-bond acceptors (Lipinski definition) is 2. The molecule has 0 spiro atoms. The average molecular weight is 356 g/mol. The molecule has 0 aliphatic carbocycles. The molecule has 1 aromatic heterocycles. The molecule has 0 unspecified atom stereocenters. The fourth-order valence-electron chi connectivity index (χ4n) is 2.11. The first-order valence-corrected chi connectivity index (χ1v) is 7.60. The van der Waals surface area contributed by atoms with E-state index in [9.17, 15) is 4.79 Å². The smallest absolute Gasteiger partial charge is 0.169 e. The Hall–Kier alpha value is -1.13. The Kier molecular flexibility index (Phi) is 4.66. The van der Waals surface area contributed by atoms with Crippen molar-refractivity contribution in [2.45, 2.75) is 26.7 Å². The highest BCUT2D eigenvalue weighted by molar-refractivity contribution is 9.10. The zero-order valence-electron chi connectivity index (χ0n) is 11.7. The van der Waals surface area contributed by atoms with Gasteiger partial charge in [-0.25, -0.2) is 0 Å². The standard InChI is InChI=1S/C15H16BrClN2O/c1-4-12-15(17)13(19(3)18-12)8-14(20)10-7-9(2)5-6-11(10)16/h5-7H,4,8H2,1-3H3. The van der Waals surface area contributed by atoms with Crippen molar-refractivity contribution in [2.24, 2.45) is 7.05 Å². The van der Waals surface area contributed by atoms with Gasteiger partial charge in [0.25, 0.3) is 0 Å². The highest BCUT2D eigenvalue weighted by atomic mass is 79.9. The van der Waals surface area contributed by atoms with Gasteiger partial charge in [0.2, 0.25) is 0 Å². The van der Waals surface area contributed by atoms with Gasteiger partial charge in [-0.1, -0.05) is 46.1 Å². The Balaban J connectivity index is 2.33. The van der Waals surface area contributed by atoms with Crippen LogP contribution in [0.25, 0.3) is 0 Å². The summed E-state index contributed by atoms with van der Waals surface area (Å²) in [6, 6.07) is 5.75. The van der Waals surface area contributed by atoms with Crippen molar-refractivity contribution in [3.05, 3.63) is 50.2 Å². The number of aromatic nitrogens is 2. The van der Waals surface area contributed by atoms with Crippen LogP contribution in [0.1, 0.15) is 34.2 Å². The summed E-state index contributed by atoms with van der Waals surface area (Å²) in [5, 5.41) is 4.94. The highest BCUT2D eigenvalue weighted by Gasteiger charge is 2.18. The summed E-state index contributed by atoms with van der Waals surface area (Å²) in [6.07, 6.45) is 1.01. The Labute approximate surface area is 132 Å². The second kappa shape index (κ2) is 6.10. The second-order valence-corrected chi connectivity index (χ2v) is 6.00. The molecule has 0 saturated carbocycles. The molecule has 0 radical (unpaired) electrons. The largest absolute Gasteiger partial charge is 0.294 e. The number of aryl methyl sites for hydroxylation is 3. The van der Waals surface area contributed by atoms with E-state index in [1.54, 1.807) is 4.68 Å². The SMILES string of the molecule is CCc1nn(C)c(CC(=O)c2cc(C)ccc2Br)c1Cl. The molecule has 0 amide bonds. The quantitative estimate of drug-likeness (QED) is 0.773. The number of carbonyl (C=O) groups excluding carboxylic acids is 1. The molecule has 0 fully saturated rings. The van der Waals surface area contributed by atoms with Crippen molar-refractivity contribution in [1.82, 2.24) is 9.78 Å². The van der Waals surface area contributed by atoms with E-state index in [0.29, 0.717) is 10.6 Å². The van der Waals surface area contributed by atoms with E-state index in [1.165, 1.54) is 0 Å². The Morgan fingerprint density at radius 2 is 2.15 bits per heavy atom. The van der Waals surface area contributed by atoms with Crippen molar-refractivity contribution >= 4 is 33.3 Å². The number of carbonyl (C=O) groups is 1. The maximum absolute atomic E-state index is 12.5. The summed E-state index contributed by atoms with van der Waals surface area (Å²) in [5.74, 6) is 0.0353. The predicted molar refractivity (Wildman–Crippen MR) is 84.5 cm³/mol. The van der Waals surface area contributed by atoms with Crippen LogP contribution in [0.2, 0.25) is 5.02 Å². The van der Waals surface area contributed by atoms with Gasteiger partial charge in [-0.15, -0.1) is 0 Å². The molecule has 0 atom stereocenters. The van der Waals surface area contributed by atoms with E-state index in [2.05, 4.69) is 21.0 Å². The first kappa shape index (κ1) is 15.3. The Morgan fingerprint density at radius 3 is 2.75 bits per heavy atom. The first-order valence-electron chi connectivity index (χ1n) is 6.43. The summed E-state index contributed by atoms with van der Waals surface area (Å²) < 4.78 is 2.50. The molecule has 106 valence electrons. The van der Waals surface area contributed by atoms with Crippen LogP contribution in [-0.4, -0.2) is 15.6 Å². The molecule has 0 aliphatic rings. The van der Waals surface area contributed by atoms with E-state index in [0.717, 1.165) is 27.8 Å². The van der Waals surface area contributed by atoms with Gasteiger partial charge in [0, 0.05) is 17.1 Å². The van der Waals surface area contributed by atoms with Crippen LogP contribution in [0.5, 0.6) is 0 Å². The lowest BCUT2D eigenvalue weighted by Crippen LogP contribution is -2.09. The maximum Gasteiger partial charge on any atom is 0.169 e. The van der Waals surface area contributed by atoms with Crippen LogP contribution < -0.4 is 0 Å². The van der Waals surface area contributed by atoms with Crippen LogP contribution >= 0.6 is 27.5 Å². The number of Topliss-reactive ketones (excluding diaryl/α,β-unsaturated/α-hetero) is 1. The topological polar surface area (TPSA) is 34.9 Å². The lowest BCUT2D eigenvalue weighted by atomic mass is 10.0. The minimum absolute atomic E-state index is 0.0353. The number of nitrogens with zero attached hydrogens (tertiary/aromatic N) is 2. The summed E-state index contributed by atoms with van der Waals surface area (Å²) in [7, 11) is 1.82. The van der Waals surface area contributed by atoms with Gasteiger partial charge in [-0.2, -0.15) is 5.10 Å².